The molecule has 0 bridgehead atoms. The van der Waals surface area contributed by atoms with Crippen LogP contribution in [0.2, 0.25) is 0 Å². The summed E-state index contributed by atoms with van der Waals surface area (Å²) in [6.45, 7) is 0. The first-order chi connectivity index (χ1) is 15.1. The molecule has 3 aromatic rings. The first kappa shape index (κ1) is 21.9. The lowest BCUT2D eigenvalue weighted by Gasteiger charge is -2.25. The van der Waals surface area contributed by atoms with E-state index in [-0.39, 0.29) is 0 Å². The van der Waals surface area contributed by atoms with Gasteiger partial charge in [0.1, 0.15) is 11.5 Å². The molecule has 0 saturated carbocycles. The Morgan fingerprint density at radius 2 is 1.47 bits per heavy atom. The molecule has 0 amide bonds. The third-order valence-electron chi connectivity index (χ3n) is 5.16. The van der Waals surface area contributed by atoms with E-state index in [1.165, 1.54) is 6.07 Å². The zero-order valence-corrected chi connectivity index (χ0v) is 16.3. The molecule has 0 spiro atoms. The minimum Gasteiger partial charge on any atom is -0.255 e. The summed E-state index contributed by atoms with van der Waals surface area (Å²) in [4.78, 5) is 0. The summed E-state index contributed by atoms with van der Waals surface area (Å²) in [5, 5.41) is 4.22. The van der Waals surface area contributed by atoms with Gasteiger partial charge in [-0.05, 0) is 34.9 Å². The van der Waals surface area contributed by atoms with Crippen LogP contribution in [0.4, 0.5) is 36.4 Å². The summed E-state index contributed by atoms with van der Waals surface area (Å²) >= 11 is 0. The van der Waals surface area contributed by atoms with Crippen molar-refractivity contribution in [2.24, 2.45) is 5.10 Å². The van der Waals surface area contributed by atoms with E-state index in [1.807, 2.05) is 18.2 Å². The van der Waals surface area contributed by atoms with Crippen molar-refractivity contribution < 1.29 is 30.7 Å². The molecule has 1 atom stereocenters. The fourth-order valence-corrected chi connectivity index (χ4v) is 3.57. The Kier molecular flexibility index (Phi) is 5.44. The van der Waals surface area contributed by atoms with Crippen LogP contribution in [0.5, 0.6) is 0 Å². The van der Waals surface area contributed by atoms with Crippen LogP contribution in [0, 0.1) is 11.6 Å². The molecule has 4 rings (SSSR count). The lowest BCUT2D eigenvalue weighted by Crippen LogP contribution is -2.43. The van der Waals surface area contributed by atoms with E-state index in [0.717, 1.165) is 22.7 Å². The van der Waals surface area contributed by atoms with E-state index in [1.54, 1.807) is 30.3 Å². The van der Waals surface area contributed by atoms with Crippen LogP contribution in [0.1, 0.15) is 18.0 Å². The van der Waals surface area contributed by atoms with Crippen molar-refractivity contribution >= 4 is 11.4 Å². The molecule has 1 unspecified atom stereocenters. The van der Waals surface area contributed by atoms with Gasteiger partial charge in [0.15, 0.2) is 5.82 Å². The average Bonchev–Trinajstić information content (AvgIpc) is 3.19. The zero-order chi connectivity index (χ0) is 23.1. The quantitative estimate of drug-likeness (QED) is 0.384. The Bertz CT molecular complexity index is 1160. The highest BCUT2D eigenvalue weighted by Gasteiger charge is 2.62. The number of hydrogen-bond donors (Lipinski definition) is 0. The van der Waals surface area contributed by atoms with Gasteiger partial charge >= 0.3 is 12.1 Å². The molecule has 0 saturated heterocycles. The Labute approximate surface area is 178 Å². The van der Waals surface area contributed by atoms with Crippen LogP contribution in [0.15, 0.2) is 77.9 Å². The Hall–Kier alpha value is -3.36. The van der Waals surface area contributed by atoms with Crippen molar-refractivity contribution in [1.29, 1.82) is 0 Å². The monoisotopic (exact) mass is 452 g/mol. The van der Waals surface area contributed by atoms with Gasteiger partial charge in [0, 0.05) is 12.5 Å². The molecule has 166 valence electrons. The van der Waals surface area contributed by atoms with E-state index in [2.05, 4.69) is 5.10 Å². The van der Waals surface area contributed by atoms with Crippen molar-refractivity contribution in [2.75, 3.05) is 5.01 Å². The summed E-state index contributed by atoms with van der Waals surface area (Å²) in [6.07, 6.45) is -6.65. The smallest absolute Gasteiger partial charge is 0.255 e. The van der Waals surface area contributed by atoms with Crippen molar-refractivity contribution in [2.45, 2.75) is 24.6 Å². The van der Waals surface area contributed by atoms with Crippen LogP contribution in [0.3, 0.4) is 0 Å². The van der Waals surface area contributed by atoms with Gasteiger partial charge in [-0.15, -0.1) is 0 Å². The van der Waals surface area contributed by atoms with Gasteiger partial charge in [-0.3, -0.25) is 5.01 Å². The first-order valence-corrected chi connectivity index (χ1v) is 9.50. The zero-order valence-electron chi connectivity index (χ0n) is 16.3. The van der Waals surface area contributed by atoms with Gasteiger partial charge in [-0.1, -0.05) is 48.5 Å². The highest BCUT2D eigenvalue weighted by atomic mass is 19.4. The van der Waals surface area contributed by atoms with Crippen LogP contribution in [0.25, 0.3) is 11.1 Å². The molecule has 3 aromatic carbocycles. The first-order valence-electron chi connectivity index (χ1n) is 9.50. The maximum Gasteiger partial charge on any atom is 0.459 e. The minimum atomic E-state index is -5.86. The molecule has 1 aliphatic rings. The van der Waals surface area contributed by atoms with Crippen LogP contribution >= 0.6 is 0 Å². The predicted octanol–water partition coefficient (Wildman–Crippen LogP) is 7.14. The molecule has 32 heavy (non-hydrogen) atoms. The summed E-state index contributed by atoms with van der Waals surface area (Å²) < 4.78 is 94.9. The topological polar surface area (TPSA) is 15.6 Å². The van der Waals surface area contributed by atoms with Gasteiger partial charge in [0.2, 0.25) is 0 Å². The van der Waals surface area contributed by atoms with E-state index in [9.17, 15) is 30.7 Å². The van der Waals surface area contributed by atoms with Gasteiger partial charge in [0.25, 0.3) is 0 Å². The predicted molar refractivity (Wildman–Crippen MR) is 107 cm³/mol. The lowest BCUT2D eigenvalue weighted by atomic mass is 9.95. The van der Waals surface area contributed by atoms with Crippen LogP contribution < -0.4 is 5.01 Å². The third-order valence-corrected chi connectivity index (χ3v) is 5.16. The maximum absolute atomic E-state index is 14.4. The third kappa shape index (κ3) is 3.94. The molecule has 2 nitrogen and oxygen atoms in total. The van der Waals surface area contributed by atoms with Crippen molar-refractivity contribution in [1.82, 2.24) is 0 Å². The Balaban J connectivity index is 1.80. The van der Waals surface area contributed by atoms with Gasteiger partial charge < -0.3 is 0 Å². The summed E-state index contributed by atoms with van der Waals surface area (Å²) in [7, 11) is 0. The summed E-state index contributed by atoms with van der Waals surface area (Å²) in [6, 6.07) is 16.8. The molecular formula is C23H15F7N2. The molecule has 1 aliphatic heterocycles. The maximum atomic E-state index is 14.4. The fraction of sp³-hybridized carbons (Fsp3) is 0.174. The molecule has 0 aliphatic carbocycles. The van der Waals surface area contributed by atoms with Crippen LogP contribution in [-0.2, 0) is 0 Å². The average molecular weight is 452 g/mol. The number of halogens is 7. The second-order valence-electron chi connectivity index (χ2n) is 7.27. The molecule has 0 fully saturated rings. The number of alkyl halides is 5. The number of hydrazone groups is 1. The largest absolute Gasteiger partial charge is 0.459 e. The minimum absolute atomic E-state index is 0.354. The molecule has 9 heteroatoms. The molecule has 0 aromatic heterocycles. The Morgan fingerprint density at radius 1 is 0.781 bits per heavy atom. The van der Waals surface area contributed by atoms with Gasteiger partial charge in [-0.2, -0.15) is 27.1 Å². The van der Waals surface area contributed by atoms with Crippen molar-refractivity contribution in [3.8, 4) is 11.1 Å². The van der Waals surface area contributed by atoms with Crippen molar-refractivity contribution in [3.05, 3.63) is 90.0 Å². The Morgan fingerprint density at radius 3 is 2.12 bits per heavy atom. The van der Waals surface area contributed by atoms with E-state index >= 15 is 0 Å². The highest BCUT2D eigenvalue weighted by molar-refractivity contribution is 5.95. The number of hydrogen-bond acceptors (Lipinski definition) is 2. The normalized spacial score (nSPS) is 16.9. The summed E-state index contributed by atoms with van der Waals surface area (Å²) in [5.74, 6) is -7.25. The van der Waals surface area contributed by atoms with E-state index in [0.29, 0.717) is 17.2 Å². The van der Waals surface area contributed by atoms with Crippen LogP contribution in [-0.4, -0.2) is 17.8 Å². The SMILES string of the molecule is Fc1ccc(N2N=C(C(F)(F)C(F)(F)F)CC2c2cccc(-c3ccccc3)c2)c(F)c1. The summed E-state index contributed by atoms with van der Waals surface area (Å²) in [5.41, 5.74) is -0.00240. The van der Waals surface area contributed by atoms with E-state index in [4.69, 9.17) is 0 Å². The molecular weight excluding hydrogens is 437 g/mol. The number of benzene rings is 3. The van der Waals surface area contributed by atoms with Gasteiger partial charge in [0.05, 0.1) is 11.7 Å². The molecule has 0 N–H and O–H groups in total. The van der Waals surface area contributed by atoms with Crippen molar-refractivity contribution in [3.63, 3.8) is 0 Å². The molecule has 0 radical (unpaired) electrons. The molecule has 1 heterocycles. The highest BCUT2D eigenvalue weighted by Crippen LogP contribution is 2.45. The second kappa shape index (κ2) is 7.96. The number of rotatable bonds is 4. The number of anilines is 1. The van der Waals surface area contributed by atoms with E-state index < -0.39 is 47.6 Å². The lowest BCUT2D eigenvalue weighted by molar-refractivity contribution is -0.249. The second-order valence-corrected chi connectivity index (χ2v) is 7.27. The number of nitrogens with zero attached hydrogens (tertiary/aromatic N) is 2. The van der Waals surface area contributed by atoms with Gasteiger partial charge in [-0.25, -0.2) is 8.78 Å². The fourth-order valence-electron chi connectivity index (χ4n) is 3.57. The standard InChI is InChI=1S/C23H15F7N2/c24-17-9-10-19(18(25)12-17)32-20(13-21(31-32)22(26,27)23(28,29)30)16-8-4-7-15(11-16)14-5-2-1-3-6-14/h1-12,20H,13H2.